The summed E-state index contributed by atoms with van der Waals surface area (Å²) in [6, 6.07) is 9.63. The molecule has 24 heavy (non-hydrogen) atoms. The van der Waals surface area contributed by atoms with Crippen molar-refractivity contribution in [3.8, 4) is 0 Å². The highest BCUT2D eigenvalue weighted by molar-refractivity contribution is 6.31. The molecule has 0 aliphatic carbocycles. The summed E-state index contributed by atoms with van der Waals surface area (Å²) in [5.74, 6) is -1.29. The fourth-order valence-corrected chi connectivity index (χ4v) is 2.76. The van der Waals surface area contributed by atoms with Crippen LogP contribution in [0.1, 0.15) is 29.9 Å². The second-order valence-corrected chi connectivity index (χ2v) is 5.75. The van der Waals surface area contributed by atoms with Crippen molar-refractivity contribution in [2.45, 2.75) is 19.4 Å². The number of hydrogen-bond donors (Lipinski definition) is 0. The topological polar surface area (TPSA) is 48.0 Å². The van der Waals surface area contributed by atoms with Crippen molar-refractivity contribution in [3.63, 3.8) is 0 Å². The first-order chi connectivity index (χ1) is 11.5. The van der Waals surface area contributed by atoms with Gasteiger partial charge in [-0.15, -0.1) is 0 Å². The quantitative estimate of drug-likeness (QED) is 0.715. The highest BCUT2D eigenvalue weighted by Crippen LogP contribution is 2.24. The minimum Gasteiger partial charge on any atom is -0.296 e. The van der Waals surface area contributed by atoms with E-state index in [0.29, 0.717) is 5.56 Å². The molecule has 4 nitrogen and oxygen atoms in total. The number of benzene rings is 2. The number of nitrogens with zero attached hydrogens (tertiary/aromatic N) is 2. The normalized spacial score (nSPS) is 12.3. The monoisotopic (exact) mass is 350 g/mol. The van der Waals surface area contributed by atoms with Crippen molar-refractivity contribution in [1.82, 2.24) is 9.72 Å². The Hall–Kier alpha value is -2.47. The van der Waals surface area contributed by atoms with Gasteiger partial charge in [0.05, 0.1) is 6.04 Å². The van der Waals surface area contributed by atoms with E-state index in [1.54, 1.807) is 25.1 Å². The molecule has 0 bridgehead atoms. The Labute approximate surface area is 141 Å². The van der Waals surface area contributed by atoms with E-state index < -0.39 is 17.6 Å². The van der Waals surface area contributed by atoms with E-state index in [4.69, 9.17) is 16.1 Å². The molecule has 7 heteroatoms. The Kier molecular flexibility index (Phi) is 4.49. The Morgan fingerprint density at radius 2 is 1.92 bits per heavy atom. The third-order valence-electron chi connectivity index (χ3n) is 3.84. The molecule has 3 aromatic rings. The van der Waals surface area contributed by atoms with E-state index in [1.807, 2.05) is 0 Å². The van der Waals surface area contributed by atoms with Gasteiger partial charge in [0.15, 0.2) is 5.82 Å². The van der Waals surface area contributed by atoms with Crippen LogP contribution in [-0.4, -0.2) is 9.72 Å². The first-order valence-corrected chi connectivity index (χ1v) is 7.60. The highest BCUT2D eigenvalue weighted by atomic mass is 35.5. The van der Waals surface area contributed by atoms with Crippen LogP contribution in [0.4, 0.5) is 8.78 Å². The van der Waals surface area contributed by atoms with Gasteiger partial charge in [-0.3, -0.25) is 9.09 Å². The lowest BCUT2D eigenvalue weighted by molar-refractivity contribution is 0.370. The molecule has 0 N–H and O–H groups in total. The zero-order chi connectivity index (χ0) is 17.3. The molecule has 0 saturated heterocycles. The molecule has 0 amide bonds. The molecule has 1 heterocycles. The van der Waals surface area contributed by atoms with E-state index in [9.17, 15) is 13.6 Å². The SMILES string of the molecule is CC(c1ccc(F)cc1)n1c(Cc2c(F)cccc2Cl)noc1=O. The molecule has 0 saturated carbocycles. The van der Waals surface area contributed by atoms with Gasteiger partial charge in [-0.1, -0.05) is 35.0 Å². The second-order valence-electron chi connectivity index (χ2n) is 5.34. The van der Waals surface area contributed by atoms with Gasteiger partial charge in [0.1, 0.15) is 11.6 Å². The standard InChI is InChI=1S/C17H13ClF2N2O2/c1-10(11-5-7-12(19)8-6-11)22-16(21-24-17(22)23)9-13-14(18)3-2-4-15(13)20/h2-8,10H,9H2,1H3. The molecule has 1 atom stereocenters. The van der Waals surface area contributed by atoms with E-state index >= 15 is 0 Å². The van der Waals surface area contributed by atoms with Crippen molar-refractivity contribution < 1.29 is 13.3 Å². The number of rotatable bonds is 4. The van der Waals surface area contributed by atoms with E-state index in [1.165, 1.54) is 28.8 Å². The van der Waals surface area contributed by atoms with Crippen molar-refractivity contribution >= 4 is 11.6 Å². The zero-order valence-corrected chi connectivity index (χ0v) is 13.4. The summed E-state index contributed by atoms with van der Waals surface area (Å²) in [4.78, 5) is 12.0. The zero-order valence-electron chi connectivity index (χ0n) is 12.7. The lowest BCUT2D eigenvalue weighted by atomic mass is 10.1. The maximum atomic E-state index is 14.0. The van der Waals surface area contributed by atoms with Crippen LogP contribution in [0.3, 0.4) is 0 Å². The van der Waals surface area contributed by atoms with Crippen LogP contribution < -0.4 is 5.76 Å². The van der Waals surface area contributed by atoms with Crippen LogP contribution >= 0.6 is 11.6 Å². The minimum atomic E-state index is -0.672. The average molecular weight is 351 g/mol. The molecule has 1 unspecified atom stereocenters. The summed E-state index contributed by atoms with van der Waals surface area (Å²) in [7, 11) is 0. The molecular weight excluding hydrogens is 338 g/mol. The van der Waals surface area contributed by atoms with Gasteiger partial charge in [-0.2, -0.15) is 0 Å². The summed E-state index contributed by atoms with van der Waals surface area (Å²) in [6.07, 6.45) is 0.00276. The molecule has 124 valence electrons. The maximum Gasteiger partial charge on any atom is 0.442 e. The van der Waals surface area contributed by atoms with Gasteiger partial charge in [0.25, 0.3) is 0 Å². The van der Waals surface area contributed by atoms with Gasteiger partial charge in [0, 0.05) is 17.0 Å². The Morgan fingerprint density at radius 3 is 2.58 bits per heavy atom. The van der Waals surface area contributed by atoms with Crippen molar-refractivity contribution in [3.05, 3.63) is 86.6 Å². The van der Waals surface area contributed by atoms with Crippen LogP contribution in [0.15, 0.2) is 51.8 Å². The van der Waals surface area contributed by atoms with Crippen LogP contribution in [0, 0.1) is 11.6 Å². The lowest BCUT2D eigenvalue weighted by Crippen LogP contribution is -2.22. The maximum absolute atomic E-state index is 14.0. The first-order valence-electron chi connectivity index (χ1n) is 7.23. The van der Waals surface area contributed by atoms with Crippen molar-refractivity contribution in [1.29, 1.82) is 0 Å². The molecular formula is C17H13ClF2N2O2. The van der Waals surface area contributed by atoms with Gasteiger partial charge in [0.2, 0.25) is 0 Å². The largest absolute Gasteiger partial charge is 0.442 e. The fraction of sp³-hybridized carbons (Fsp3) is 0.176. The first kappa shape index (κ1) is 16.4. The average Bonchev–Trinajstić information content (AvgIpc) is 2.92. The van der Waals surface area contributed by atoms with Crippen LogP contribution in [-0.2, 0) is 6.42 Å². The predicted molar refractivity (Wildman–Crippen MR) is 85.2 cm³/mol. The molecule has 0 aliphatic rings. The summed E-state index contributed by atoms with van der Waals surface area (Å²) in [5, 5.41) is 3.98. The van der Waals surface area contributed by atoms with Crippen LogP contribution in [0.5, 0.6) is 0 Å². The van der Waals surface area contributed by atoms with E-state index in [0.717, 1.165) is 0 Å². The molecule has 0 spiro atoms. The fourth-order valence-electron chi connectivity index (χ4n) is 2.53. The number of hydrogen-bond acceptors (Lipinski definition) is 3. The van der Waals surface area contributed by atoms with Crippen LogP contribution in [0.2, 0.25) is 5.02 Å². The Bertz CT molecular complexity index is 899. The van der Waals surface area contributed by atoms with Crippen molar-refractivity contribution in [2.75, 3.05) is 0 Å². The van der Waals surface area contributed by atoms with Crippen molar-refractivity contribution in [2.24, 2.45) is 0 Å². The van der Waals surface area contributed by atoms with E-state index in [-0.39, 0.29) is 28.6 Å². The number of aromatic nitrogens is 2. The molecule has 3 rings (SSSR count). The summed E-state index contributed by atoms with van der Waals surface area (Å²) >= 11 is 6.03. The number of halogens is 3. The molecule has 0 fully saturated rings. The van der Waals surface area contributed by atoms with Gasteiger partial charge in [-0.25, -0.2) is 13.6 Å². The Morgan fingerprint density at radius 1 is 1.21 bits per heavy atom. The predicted octanol–water partition coefficient (Wildman–Crippen LogP) is 3.97. The lowest BCUT2D eigenvalue weighted by Gasteiger charge is -2.14. The van der Waals surface area contributed by atoms with E-state index in [2.05, 4.69) is 5.16 Å². The molecule has 2 aromatic carbocycles. The smallest absolute Gasteiger partial charge is 0.296 e. The molecule has 0 radical (unpaired) electrons. The third kappa shape index (κ3) is 3.10. The minimum absolute atomic E-state index is 0.00276. The van der Waals surface area contributed by atoms with Gasteiger partial charge in [-0.05, 0) is 36.8 Å². The molecule has 1 aromatic heterocycles. The summed E-state index contributed by atoms with van der Waals surface area (Å²) in [5.41, 5.74) is 0.926. The highest BCUT2D eigenvalue weighted by Gasteiger charge is 2.20. The van der Waals surface area contributed by atoms with Gasteiger partial charge < -0.3 is 0 Å². The Balaban J connectivity index is 2.00. The third-order valence-corrected chi connectivity index (χ3v) is 4.19. The summed E-state index contributed by atoms with van der Waals surface area (Å²) < 4.78 is 33.1. The van der Waals surface area contributed by atoms with Crippen LogP contribution in [0.25, 0.3) is 0 Å². The molecule has 0 aliphatic heterocycles. The second kappa shape index (κ2) is 6.57. The summed E-state index contributed by atoms with van der Waals surface area (Å²) in [6.45, 7) is 1.75. The van der Waals surface area contributed by atoms with Gasteiger partial charge >= 0.3 is 5.76 Å².